The van der Waals surface area contributed by atoms with Crippen molar-refractivity contribution in [1.29, 1.82) is 0 Å². The third-order valence-electron chi connectivity index (χ3n) is 13.8. The van der Waals surface area contributed by atoms with Crippen LogP contribution in [0.15, 0.2) is 243 Å². The zero-order valence-electron chi connectivity index (χ0n) is 37.8. The summed E-state index contributed by atoms with van der Waals surface area (Å²) in [5.74, 6) is 1.84. The van der Waals surface area contributed by atoms with Gasteiger partial charge in [-0.25, -0.2) is 15.0 Å². The van der Waals surface area contributed by atoms with E-state index < -0.39 is 0 Å². The van der Waals surface area contributed by atoms with Crippen molar-refractivity contribution in [2.75, 3.05) is 0 Å². The van der Waals surface area contributed by atoms with Gasteiger partial charge in [0.25, 0.3) is 0 Å². The minimum atomic E-state index is 0.605. The summed E-state index contributed by atoms with van der Waals surface area (Å²) >= 11 is 1.84. The van der Waals surface area contributed by atoms with Crippen molar-refractivity contribution in [1.82, 2.24) is 19.5 Å². The van der Waals surface area contributed by atoms with Gasteiger partial charge in [0.1, 0.15) is 0 Å². The quantitative estimate of drug-likeness (QED) is 0.160. The average Bonchev–Trinajstić information content (AvgIpc) is 3.97. The summed E-state index contributed by atoms with van der Waals surface area (Å²) in [6, 6.07) is 87.2. The molecule has 0 unspecified atom stereocenters. The number of hydrogen-bond donors (Lipinski definition) is 0. The summed E-state index contributed by atoms with van der Waals surface area (Å²) in [6.45, 7) is 0. The highest BCUT2D eigenvalue weighted by atomic mass is 32.1. The molecular formula is C65H40N4S. The molecule has 3 heterocycles. The Morgan fingerprint density at radius 3 is 1.27 bits per heavy atom. The highest BCUT2D eigenvalue weighted by Crippen LogP contribution is 2.45. The van der Waals surface area contributed by atoms with Crippen molar-refractivity contribution < 1.29 is 0 Å². The number of rotatable bonds is 7. The van der Waals surface area contributed by atoms with Crippen LogP contribution in [-0.2, 0) is 0 Å². The number of nitrogens with zero attached hydrogens (tertiary/aromatic N) is 4. The van der Waals surface area contributed by atoms with Crippen molar-refractivity contribution in [3.8, 4) is 73.2 Å². The van der Waals surface area contributed by atoms with Gasteiger partial charge in [0.15, 0.2) is 17.5 Å². The third-order valence-corrected chi connectivity index (χ3v) is 15.0. The summed E-state index contributed by atoms with van der Waals surface area (Å²) in [4.78, 5) is 15.9. The summed E-state index contributed by atoms with van der Waals surface area (Å²) in [6.07, 6.45) is 0. The standard InChI is InChI=1S/C65H40N4S/c1-3-14-41(15-4-1)43-26-30-45(31-27-43)63-66-64(46-32-28-44(29-33-46)42-16-5-2-6-17-42)68-65(67-63)51-34-35-57(54(38-51)52-23-13-25-61-62(52)53-22-11-12-24-60(53)70-61)69-58-39-49-20-9-7-18-47(49)36-55(58)56-37-48-19-8-10-21-50(48)40-59(56)69/h1-40H. The van der Waals surface area contributed by atoms with E-state index in [2.05, 4.69) is 235 Å². The van der Waals surface area contributed by atoms with Crippen LogP contribution in [0.3, 0.4) is 0 Å². The van der Waals surface area contributed by atoms with E-state index in [1.54, 1.807) is 0 Å². The van der Waals surface area contributed by atoms with Crippen LogP contribution < -0.4 is 0 Å². The topological polar surface area (TPSA) is 43.6 Å². The lowest BCUT2D eigenvalue weighted by Gasteiger charge is -2.17. The zero-order valence-corrected chi connectivity index (χ0v) is 38.6. The molecular weight excluding hydrogens is 869 g/mol. The Morgan fingerprint density at radius 1 is 0.286 bits per heavy atom. The van der Waals surface area contributed by atoms with Crippen LogP contribution in [0, 0.1) is 0 Å². The molecule has 70 heavy (non-hydrogen) atoms. The Hall–Kier alpha value is -9.03. The summed E-state index contributed by atoms with van der Waals surface area (Å²) in [5, 5.41) is 9.77. The molecule has 0 fully saturated rings. The van der Waals surface area contributed by atoms with Gasteiger partial charge in [-0.15, -0.1) is 11.3 Å². The van der Waals surface area contributed by atoms with Gasteiger partial charge in [0.2, 0.25) is 0 Å². The maximum Gasteiger partial charge on any atom is 0.164 e. The highest BCUT2D eigenvalue weighted by Gasteiger charge is 2.22. The fourth-order valence-corrected chi connectivity index (χ4v) is 11.5. The summed E-state index contributed by atoms with van der Waals surface area (Å²) in [7, 11) is 0. The van der Waals surface area contributed by atoms with Crippen LogP contribution in [0.1, 0.15) is 0 Å². The molecule has 11 aromatic carbocycles. The van der Waals surface area contributed by atoms with E-state index in [0.717, 1.165) is 66.8 Å². The van der Waals surface area contributed by atoms with Crippen molar-refractivity contribution in [2.45, 2.75) is 0 Å². The number of thiophene rings is 1. The SMILES string of the molecule is c1ccc(-c2ccc(-c3nc(-c4ccc(-c5ccccc5)cc4)nc(-c4ccc(-n5c6cc7ccccc7cc6c6cc7ccccc7cc65)c(-c5cccc6sc7ccccc7c56)c4)n3)cc2)cc1. The van der Waals surface area contributed by atoms with Crippen molar-refractivity contribution in [3.63, 3.8) is 0 Å². The van der Waals surface area contributed by atoms with Gasteiger partial charge in [0, 0.05) is 53.2 Å². The minimum Gasteiger partial charge on any atom is -0.309 e. The van der Waals surface area contributed by atoms with Crippen LogP contribution in [-0.4, -0.2) is 19.5 Å². The monoisotopic (exact) mass is 908 g/mol. The molecule has 5 heteroatoms. The molecule has 0 amide bonds. The largest absolute Gasteiger partial charge is 0.309 e. The predicted octanol–water partition coefficient (Wildman–Crippen LogP) is 17.6. The summed E-state index contributed by atoms with van der Waals surface area (Å²) in [5.41, 5.74) is 13.0. The number of hydrogen-bond acceptors (Lipinski definition) is 4. The van der Waals surface area contributed by atoms with Gasteiger partial charge in [-0.1, -0.05) is 188 Å². The van der Waals surface area contributed by atoms with Gasteiger partial charge >= 0.3 is 0 Å². The Kier molecular flexibility index (Phi) is 9.36. The van der Waals surface area contributed by atoms with Crippen molar-refractivity contribution in [2.24, 2.45) is 0 Å². The maximum absolute atomic E-state index is 5.34. The molecule has 0 radical (unpaired) electrons. The molecule has 0 bridgehead atoms. The van der Waals surface area contributed by atoms with E-state index in [0.29, 0.717) is 17.5 Å². The molecule has 0 N–H and O–H groups in total. The lowest BCUT2D eigenvalue weighted by atomic mass is 9.95. The molecule has 14 rings (SSSR count). The Bertz CT molecular complexity index is 4130. The molecule has 0 aliphatic heterocycles. The molecule has 0 aliphatic rings. The fraction of sp³-hybridized carbons (Fsp3) is 0. The van der Waals surface area contributed by atoms with Gasteiger partial charge in [-0.2, -0.15) is 0 Å². The molecule has 0 aliphatic carbocycles. The van der Waals surface area contributed by atoms with E-state index in [4.69, 9.17) is 15.0 Å². The normalized spacial score (nSPS) is 11.7. The number of benzene rings is 11. The van der Waals surface area contributed by atoms with Crippen LogP contribution >= 0.6 is 11.3 Å². The second-order valence-corrected chi connectivity index (χ2v) is 19.1. The number of aromatic nitrogens is 4. The fourth-order valence-electron chi connectivity index (χ4n) is 10.4. The van der Waals surface area contributed by atoms with E-state index in [1.807, 2.05) is 23.5 Å². The van der Waals surface area contributed by atoms with E-state index >= 15 is 0 Å². The van der Waals surface area contributed by atoms with Crippen LogP contribution in [0.5, 0.6) is 0 Å². The molecule has 3 aromatic heterocycles. The van der Waals surface area contributed by atoms with Crippen LogP contribution in [0.2, 0.25) is 0 Å². The Morgan fingerprint density at radius 2 is 0.714 bits per heavy atom. The van der Waals surface area contributed by atoms with Gasteiger partial charge in [0.05, 0.1) is 16.7 Å². The first kappa shape index (κ1) is 40.1. The Labute approximate surface area is 408 Å². The molecule has 0 saturated heterocycles. The predicted molar refractivity (Wildman–Crippen MR) is 295 cm³/mol. The van der Waals surface area contributed by atoms with Gasteiger partial charge in [-0.3, -0.25) is 0 Å². The third kappa shape index (κ3) is 6.78. The maximum atomic E-state index is 5.34. The Balaban J connectivity index is 1.03. The van der Waals surface area contributed by atoms with Gasteiger partial charge < -0.3 is 4.57 Å². The van der Waals surface area contributed by atoms with E-state index in [1.165, 1.54) is 52.5 Å². The number of fused-ring (bicyclic) bond motifs is 8. The first-order valence-electron chi connectivity index (χ1n) is 23.7. The van der Waals surface area contributed by atoms with Gasteiger partial charge in [-0.05, 0) is 104 Å². The van der Waals surface area contributed by atoms with E-state index in [-0.39, 0.29) is 0 Å². The smallest absolute Gasteiger partial charge is 0.164 e. The van der Waals surface area contributed by atoms with Crippen LogP contribution in [0.25, 0.3) is 137 Å². The molecule has 326 valence electrons. The highest BCUT2D eigenvalue weighted by molar-refractivity contribution is 7.25. The average molecular weight is 909 g/mol. The van der Waals surface area contributed by atoms with Crippen molar-refractivity contribution >= 4 is 74.9 Å². The molecule has 0 atom stereocenters. The minimum absolute atomic E-state index is 0.605. The molecule has 0 spiro atoms. The van der Waals surface area contributed by atoms with E-state index in [9.17, 15) is 0 Å². The van der Waals surface area contributed by atoms with Crippen LogP contribution in [0.4, 0.5) is 0 Å². The zero-order chi connectivity index (χ0) is 46.1. The second-order valence-electron chi connectivity index (χ2n) is 18.0. The van der Waals surface area contributed by atoms with Crippen molar-refractivity contribution in [3.05, 3.63) is 243 Å². The molecule has 0 saturated carbocycles. The first-order valence-corrected chi connectivity index (χ1v) is 24.5. The first-order chi connectivity index (χ1) is 34.7. The lowest BCUT2D eigenvalue weighted by molar-refractivity contribution is 1.07. The summed E-state index contributed by atoms with van der Waals surface area (Å²) < 4.78 is 5.00. The molecule has 14 aromatic rings. The molecule has 4 nitrogen and oxygen atoms in total. The second kappa shape index (κ2) is 16.3. The lowest BCUT2D eigenvalue weighted by Crippen LogP contribution is -2.02.